The first-order valence-electron chi connectivity index (χ1n) is 6.45. The third-order valence-corrected chi connectivity index (χ3v) is 3.31. The lowest BCUT2D eigenvalue weighted by molar-refractivity contribution is 1.13. The Labute approximate surface area is 114 Å². The van der Waals surface area contributed by atoms with Crippen molar-refractivity contribution in [1.82, 2.24) is 0 Å². The molecular weight excluding hydrogens is 230 g/mol. The molecule has 0 aliphatic carbocycles. The number of nitrogens with zero attached hydrogens (tertiary/aromatic N) is 1. The van der Waals surface area contributed by atoms with E-state index < -0.39 is 0 Å². The summed E-state index contributed by atoms with van der Waals surface area (Å²) >= 11 is 0. The molecule has 19 heavy (non-hydrogen) atoms. The molecular formula is C18H17N. The standard InChI is InChI=1S/C18H17N/c1-4-14-9-10-15(11-16(14)12-19)18-8-6-5-7-17(18)13(2)3/h5-11H,2,4H2,1,3H3. The van der Waals surface area contributed by atoms with E-state index in [1.807, 2.05) is 31.2 Å². The summed E-state index contributed by atoms with van der Waals surface area (Å²) in [5, 5.41) is 9.23. The van der Waals surface area contributed by atoms with Gasteiger partial charge >= 0.3 is 0 Å². The van der Waals surface area contributed by atoms with Crippen molar-refractivity contribution in [2.24, 2.45) is 0 Å². The van der Waals surface area contributed by atoms with Crippen LogP contribution in [-0.2, 0) is 6.42 Å². The van der Waals surface area contributed by atoms with E-state index in [2.05, 4.69) is 37.8 Å². The molecule has 0 heterocycles. The molecule has 0 spiro atoms. The molecule has 2 rings (SSSR count). The number of hydrogen-bond acceptors (Lipinski definition) is 1. The van der Waals surface area contributed by atoms with Gasteiger partial charge in [0.05, 0.1) is 11.6 Å². The zero-order valence-electron chi connectivity index (χ0n) is 11.4. The first-order chi connectivity index (χ1) is 9.17. The smallest absolute Gasteiger partial charge is 0.0994 e. The predicted molar refractivity (Wildman–Crippen MR) is 80.7 cm³/mol. The van der Waals surface area contributed by atoms with Gasteiger partial charge in [-0.3, -0.25) is 0 Å². The third-order valence-electron chi connectivity index (χ3n) is 3.31. The molecule has 0 aromatic heterocycles. The topological polar surface area (TPSA) is 23.8 Å². The van der Waals surface area contributed by atoms with Gasteiger partial charge in [0.25, 0.3) is 0 Å². The van der Waals surface area contributed by atoms with E-state index in [9.17, 15) is 5.26 Å². The van der Waals surface area contributed by atoms with Gasteiger partial charge in [-0.15, -0.1) is 0 Å². The number of aryl methyl sites for hydroxylation is 1. The number of rotatable bonds is 3. The molecule has 0 bridgehead atoms. The monoisotopic (exact) mass is 247 g/mol. The van der Waals surface area contributed by atoms with E-state index in [-0.39, 0.29) is 0 Å². The Kier molecular flexibility index (Phi) is 3.82. The molecule has 0 atom stereocenters. The first-order valence-corrected chi connectivity index (χ1v) is 6.45. The van der Waals surface area contributed by atoms with Crippen LogP contribution in [0.3, 0.4) is 0 Å². The summed E-state index contributed by atoms with van der Waals surface area (Å²) in [5.74, 6) is 0. The van der Waals surface area contributed by atoms with E-state index >= 15 is 0 Å². The van der Waals surface area contributed by atoms with Gasteiger partial charge in [0, 0.05) is 0 Å². The molecule has 0 amide bonds. The second-order valence-corrected chi connectivity index (χ2v) is 4.66. The molecule has 1 nitrogen and oxygen atoms in total. The van der Waals surface area contributed by atoms with Crippen LogP contribution in [0.1, 0.15) is 30.5 Å². The van der Waals surface area contributed by atoms with E-state index in [0.29, 0.717) is 0 Å². The Hall–Kier alpha value is -2.33. The van der Waals surface area contributed by atoms with Gasteiger partial charge in [-0.25, -0.2) is 0 Å². The Morgan fingerprint density at radius 3 is 2.58 bits per heavy atom. The van der Waals surface area contributed by atoms with E-state index in [1.54, 1.807) is 0 Å². The fourth-order valence-electron chi connectivity index (χ4n) is 2.26. The molecule has 0 saturated carbocycles. The van der Waals surface area contributed by atoms with Crippen molar-refractivity contribution in [1.29, 1.82) is 5.26 Å². The summed E-state index contributed by atoms with van der Waals surface area (Å²) in [4.78, 5) is 0. The number of nitriles is 1. The first kappa shape index (κ1) is 13.1. The van der Waals surface area contributed by atoms with Crippen LogP contribution >= 0.6 is 0 Å². The maximum Gasteiger partial charge on any atom is 0.0994 e. The second-order valence-electron chi connectivity index (χ2n) is 4.66. The highest BCUT2D eigenvalue weighted by Gasteiger charge is 2.08. The summed E-state index contributed by atoms with van der Waals surface area (Å²) in [5.41, 5.74) is 6.24. The van der Waals surface area contributed by atoms with Crippen LogP contribution in [-0.4, -0.2) is 0 Å². The average Bonchev–Trinajstić information content (AvgIpc) is 2.46. The fraction of sp³-hybridized carbons (Fsp3) is 0.167. The van der Waals surface area contributed by atoms with Crippen LogP contribution in [0.15, 0.2) is 49.0 Å². The van der Waals surface area contributed by atoms with Crippen LogP contribution in [0.2, 0.25) is 0 Å². The Bertz CT molecular complexity index is 660. The molecule has 0 N–H and O–H groups in total. The molecule has 2 aromatic rings. The molecule has 2 aromatic carbocycles. The minimum Gasteiger partial charge on any atom is -0.192 e. The SMILES string of the molecule is C=C(C)c1ccccc1-c1ccc(CC)c(C#N)c1. The number of allylic oxidation sites excluding steroid dienone is 1. The van der Waals surface area contributed by atoms with Gasteiger partial charge in [-0.05, 0) is 41.7 Å². The largest absolute Gasteiger partial charge is 0.192 e. The maximum absolute atomic E-state index is 9.23. The van der Waals surface area contributed by atoms with Crippen molar-refractivity contribution < 1.29 is 0 Å². The molecule has 0 aliphatic heterocycles. The minimum absolute atomic E-state index is 0.761. The van der Waals surface area contributed by atoms with Crippen molar-refractivity contribution >= 4 is 5.57 Å². The quantitative estimate of drug-likeness (QED) is 0.762. The highest BCUT2D eigenvalue weighted by molar-refractivity contribution is 5.80. The number of hydrogen-bond donors (Lipinski definition) is 0. The molecule has 0 radical (unpaired) electrons. The highest BCUT2D eigenvalue weighted by Crippen LogP contribution is 2.29. The van der Waals surface area contributed by atoms with Crippen LogP contribution in [0.4, 0.5) is 0 Å². The normalized spacial score (nSPS) is 9.95. The summed E-state index contributed by atoms with van der Waals surface area (Å²) in [6.45, 7) is 8.09. The lowest BCUT2D eigenvalue weighted by Gasteiger charge is -2.11. The minimum atomic E-state index is 0.761. The zero-order chi connectivity index (χ0) is 13.8. The fourth-order valence-corrected chi connectivity index (χ4v) is 2.26. The lowest BCUT2D eigenvalue weighted by atomic mass is 9.93. The van der Waals surface area contributed by atoms with E-state index in [4.69, 9.17) is 0 Å². The average molecular weight is 247 g/mol. The molecule has 0 fully saturated rings. The predicted octanol–water partition coefficient (Wildman–Crippen LogP) is 4.82. The molecule has 0 aliphatic rings. The summed E-state index contributed by atoms with van der Waals surface area (Å²) in [6.07, 6.45) is 0.880. The summed E-state index contributed by atoms with van der Waals surface area (Å²) in [6, 6.07) is 16.6. The van der Waals surface area contributed by atoms with Crippen LogP contribution < -0.4 is 0 Å². The van der Waals surface area contributed by atoms with Crippen molar-refractivity contribution in [2.75, 3.05) is 0 Å². The second kappa shape index (κ2) is 5.54. The van der Waals surface area contributed by atoms with Gasteiger partial charge in [0.2, 0.25) is 0 Å². The number of benzene rings is 2. The van der Waals surface area contributed by atoms with Crippen molar-refractivity contribution in [3.8, 4) is 17.2 Å². The van der Waals surface area contributed by atoms with Gasteiger partial charge in [-0.1, -0.05) is 55.5 Å². The Morgan fingerprint density at radius 2 is 1.95 bits per heavy atom. The van der Waals surface area contributed by atoms with Crippen molar-refractivity contribution in [3.63, 3.8) is 0 Å². The third kappa shape index (κ3) is 2.58. The lowest BCUT2D eigenvalue weighted by Crippen LogP contribution is -1.91. The molecule has 94 valence electrons. The van der Waals surface area contributed by atoms with Gasteiger partial charge < -0.3 is 0 Å². The summed E-state index contributed by atoms with van der Waals surface area (Å²) in [7, 11) is 0. The molecule has 0 saturated heterocycles. The van der Waals surface area contributed by atoms with Gasteiger partial charge in [-0.2, -0.15) is 5.26 Å². The molecule has 1 heteroatoms. The Balaban J connectivity index is 2.61. The zero-order valence-corrected chi connectivity index (χ0v) is 11.4. The van der Waals surface area contributed by atoms with Crippen molar-refractivity contribution in [2.45, 2.75) is 20.3 Å². The Morgan fingerprint density at radius 1 is 1.21 bits per heavy atom. The van der Waals surface area contributed by atoms with Crippen LogP contribution in [0, 0.1) is 11.3 Å². The van der Waals surface area contributed by atoms with Crippen LogP contribution in [0.25, 0.3) is 16.7 Å². The van der Waals surface area contributed by atoms with Crippen LogP contribution in [0.5, 0.6) is 0 Å². The van der Waals surface area contributed by atoms with E-state index in [1.165, 1.54) is 0 Å². The van der Waals surface area contributed by atoms with Gasteiger partial charge in [0.15, 0.2) is 0 Å². The van der Waals surface area contributed by atoms with E-state index in [0.717, 1.165) is 39.8 Å². The molecule has 0 unspecified atom stereocenters. The maximum atomic E-state index is 9.23. The summed E-state index contributed by atoms with van der Waals surface area (Å²) < 4.78 is 0. The highest BCUT2D eigenvalue weighted by atomic mass is 14.2. The van der Waals surface area contributed by atoms with Gasteiger partial charge in [0.1, 0.15) is 0 Å². The van der Waals surface area contributed by atoms with Crippen molar-refractivity contribution in [3.05, 3.63) is 65.7 Å².